The molecule has 0 saturated carbocycles. The molecule has 10 heteroatoms. The number of rotatable bonds is 10. The normalized spacial score (nSPS) is 11.0. The second-order valence-electron chi connectivity index (χ2n) is 7.84. The SMILES string of the molecule is CCN(C(=O)c1ccccc1F)c1nnc(-c2cc(C)c(OCCN(C)CC(=O)O)c(C)c2)s1. The summed E-state index contributed by atoms with van der Waals surface area (Å²) >= 11 is 1.26. The zero-order valence-electron chi connectivity index (χ0n) is 19.5. The fourth-order valence-corrected chi connectivity index (χ4v) is 4.40. The quantitative estimate of drug-likeness (QED) is 0.462. The molecule has 1 N–H and O–H groups in total. The average Bonchev–Trinajstić information content (AvgIpc) is 3.25. The summed E-state index contributed by atoms with van der Waals surface area (Å²) in [6.45, 7) is 6.77. The largest absolute Gasteiger partial charge is 0.492 e. The zero-order valence-corrected chi connectivity index (χ0v) is 20.4. The van der Waals surface area contributed by atoms with Crippen molar-refractivity contribution in [1.29, 1.82) is 0 Å². The molecule has 2 aromatic carbocycles. The van der Waals surface area contributed by atoms with Crippen molar-refractivity contribution in [3.8, 4) is 16.3 Å². The monoisotopic (exact) mass is 486 g/mol. The molecule has 0 aliphatic rings. The maximum Gasteiger partial charge on any atom is 0.317 e. The molecule has 8 nitrogen and oxygen atoms in total. The number of aromatic nitrogens is 2. The molecule has 3 rings (SSSR count). The van der Waals surface area contributed by atoms with E-state index in [-0.39, 0.29) is 12.1 Å². The lowest BCUT2D eigenvalue weighted by Gasteiger charge is -2.17. The summed E-state index contributed by atoms with van der Waals surface area (Å²) in [5, 5.41) is 18.3. The van der Waals surface area contributed by atoms with E-state index in [1.54, 1.807) is 24.9 Å². The number of carbonyl (C=O) groups is 2. The Morgan fingerprint density at radius 3 is 2.44 bits per heavy atom. The molecule has 0 unspecified atom stereocenters. The fraction of sp³-hybridized carbons (Fsp3) is 0.333. The van der Waals surface area contributed by atoms with Crippen molar-refractivity contribution < 1.29 is 23.8 Å². The van der Waals surface area contributed by atoms with Crippen LogP contribution in [0.5, 0.6) is 5.75 Å². The van der Waals surface area contributed by atoms with Crippen molar-refractivity contribution in [2.75, 3.05) is 38.2 Å². The Balaban J connectivity index is 1.76. The van der Waals surface area contributed by atoms with Gasteiger partial charge in [0.05, 0.1) is 12.1 Å². The summed E-state index contributed by atoms with van der Waals surface area (Å²) in [6.07, 6.45) is 0. The number of amides is 1. The molecular formula is C24H27FN4O4S. The van der Waals surface area contributed by atoms with E-state index in [0.717, 1.165) is 22.4 Å². The molecule has 0 fully saturated rings. The minimum atomic E-state index is -0.882. The highest BCUT2D eigenvalue weighted by molar-refractivity contribution is 7.18. The van der Waals surface area contributed by atoms with Gasteiger partial charge in [0.2, 0.25) is 5.13 Å². The zero-order chi connectivity index (χ0) is 24.8. The molecular weight excluding hydrogens is 459 g/mol. The van der Waals surface area contributed by atoms with E-state index in [0.29, 0.717) is 29.8 Å². The van der Waals surface area contributed by atoms with E-state index in [1.807, 2.05) is 26.0 Å². The molecule has 0 bridgehead atoms. The van der Waals surface area contributed by atoms with E-state index in [1.165, 1.54) is 34.4 Å². The van der Waals surface area contributed by atoms with Crippen LogP contribution in [-0.2, 0) is 4.79 Å². The first-order valence-electron chi connectivity index (χ1n) is 10.8. The minimum absolute atomic E-state index is 0.0108. The van der Waals surface area contributed by atoms with Crippen LogP contribution in [0.3, 0.4) is 0 Å². The molecule has 0 atom stereocenters. The van der Waals surface area contributed by atoms with Gasteiger partial charge < -0.3 is 9.84 Å². The van der Waals surface area contributed by atoms with Gasteiger partial charge in [0, 0.05) is 18.7 Å². The van der Waals surface area contributed by atoms with E-state index in [4.69, 9.17) is 9.84 Å². The van der Waals surface area contributed by atoms with Gasteiger partial charge in [-0.2, -0.15) is 0 Å². The highest BCUT2D eigenvalue weighted by atomic mass is 32.1. The van der Waals surface area contributed by atoms with Crippen LogP contribution in [0.15, 0.2) is 36.4 Å². The molecule has 0 aliphatic heterocycles. The molecule has 0 saturated heterocycles. The molecule has 3 aromatic rings. The number of anilines is 1. The van der Waals surface area contributed by atoms with Crippen molar-refractivity contribution in [2.24, 2.45) is 0 Å². The van der Waals surface area contributed by atoms with Crippen LogP contribution in [0.1, 0.15) is 28.4 Å². The van der Waals surface area contributed by atoms with E-state index in [9.17, 15) is 14.0 Å². The number of carboxylic acid groups (broad SMARTS) is 1. The molecule has 1 heterocycles. The van der Waals surface area contributed by atoms with Crippen molar-refractivity contribution >= 4 is 28.3 Å². The number of hydrogen-bond acceptors (Lipinski definition) is 7. The lowest BCUT2D eigenvalue weighted by Crippen LogP contribution is -2.31. The van der Waals surface area contributed by atoms with E-state index < -0.39 is 17.7 Å². The predicted octanol–water partition coefficient (Wildman–Crippen LogP) is 4.02. The van der Waals surface area contributed by atoms with Crippen LogP contribution in [0.2, 0.25) is 0 Å². The molecule has 34 heavy (non-hydrogen) atoms. The predicted molar refractivity (Wildman–Crippen MR) is 129 cm³/mol. The topological polar surface area (TPSA) is 95.9 Å². The van der Waals surface area contributed by atoms with Crippen molar-refractivity contribution in [3.05, 3.63) is 58.9 Å². The second-order valence-corrected chi connectivity index (χ2v) is 8.79. The Kier molecular flexibility index (Phi) is 8.30. The second kappa shape index (κ2) is 11.2. The number of halogens is 1. The van der Waals surface area contributed by atoms with Crippen LogP contribution in [-0.4, -0.2) is 65.4 Å². The van der Waals surface area contributed by atoms with Crippen molar-refractivity contribution in [2.45, 2.75) is 20.8 Å². The van der Waals surface area contributed by atoms with Gasteiger partial charge in [-0.25, -0.2) is 4.39 Å². The Morgan fingerprint density at radius 1 is 1.15 bits per heavy atom. The van der Waals surface area contributed by atoms with Crippen molar-refractivity contribution in [1.82, 2.24) is 15.1 Å². The summed E-state index contributed by atoms with van der Waals surface area (Å²) < 4.78 is 20.0. The third kappa shape index (κ3) is 5.95. The number of likely N-dealkylation sites (N-methyl/N-ethyl adjacent to an activating group) is 1. The van der Waals surface area contributed by atoms with Crippen LogP contribution < -0.4 is 9.64 Å². The number of hydrogen-bond donors (Lipinski definition) is 1. The highest BCUT2D eigenvalue weighted by Crippen LogP contribution is 2.34. The summed E-state index contributed by atoms with van der Waals surface area (Å²) in [7, 11) is 1.73. The lowest BCUT2D eigenvalue weighted by molar-refractivity contribution is -0.138. The van der Waals surface area contributed by atoms with Gasteiger partial charge in [0.1, 0.15) is 23.2 Å². The Labute approximate surface area is 201 Å². The third-order valence-electron chi connectivity index (χ3n) is 5.14. The first-order chi connectivity index (χ1) is 16.2. The fourth-order valence-electron chi connectivity index (χ4n) is 3.50. The minimum Gasteiger partial charge on any atom is -0.492 e. The Hall–Kier alpha value is -3.37. The third-order valence-corrected chi connectivity index (χ3v) is 6.14. The number of benzene rings is 2. The number of carbonyl (C=O) groups excluding carboxylic acids is 1. The summed E-state index contributed by atoms with van der Waals surface area (Å²) in [4.78, 5) is 26.7. The first kappa shape index (κ1) is 25.3. The first-order valence-corrected chi connectivity index (χ1v) is 11.6. The van der Waals surface area contributed by atoms with Gasteiger partial charge in [0.25, 0.3) is 5.91 Å². The van der Waals surface area contributed by atoms with E-state index >= 15 is 0 Å². The number of aliphatic carboxylic acids is 1. The molecule has 0 spiro atoms. The van der Waals surface area contributed by atoms with Crippen LogP contribution in [0.4, 0.5) is 9.52 Å². The maximum atomic E-state index is 14.1. The standard InChI is InChI=1S/C24H27FN4O4S/c1-5-29(23(32)18-8-6-7-9-19(18)25)24-27-26-22(34-24)17-12-15(2)21(16(3)13-17)33-11-10-28(4)14-20(30)31/h6-9,12-13H,5,10-11,14H2,1-4H3,(H,30,31). The summed E-state index contributed by atoms with van der Waals surface area (Å²) in [6, 6.07) is 9.73. The lowest BCUT2D eigenvalue weighted by atomic mass is 10.1. The average molecular weight is 487 g/mol. The van der Waals surface area contributed by atoms with Crippen molar-refractivity contribution in [3.63, 3.8) is 0 Å². The number of nitrogens with zero attached hydrogens (tertiary/aromatic N) is 4. The molecule has 0 aliphatic carbocycles. The van der Waals surface area contributed by atoms with Gasteiger partial charge in [-0.1, -0.05) is 23.5 Å². The Bertz CT molecular complexity index is 1160. The van der Waals surface area contributed by atoms with Gasteiger partial charge in [0.15, 0.2) is 0 Å². The number of ether oxygens (including phenoxy) is 1. The van der Waals surface area contributed by atoms with Crippen LogP contribution >= 0.6 is 11.3 Å². The maximum absolute atomic E-state index is 14.1. The molecule has 1 amide bonds. The molecule has 180 valence electrons. The van der Waals surface area contributed by atoms with Gasteiger partial charge in [-0.3, -0.25) is 19.4 Å². The molecule has 1 aromatic heterocycles. The van der Waals surface area contributed by atoms with Crippen LogP contribution in [0, 0.1) is 19.7 Å². The Morgan fingerprint density at radius 2 is 1.82 bits per heavy atom. The molecule has 0 radical (unpaired) electrons. The summed E-state index contributed by atoms with van der Waals surface area (Å²) in [5.41, 5.74) is 2.64. The highest BCUT2D eigenvalue weighted by Gasteiger charge is 2.23. The summed E-state index contributed by atoms with van der Waals surface area (Å²) in [5.74, 6) is -1.19. The van der Waals surface area contributed by atoms with E-state index in [2.05, 4.69) is 10.2 Å². The number of carboxylic acids is 1. The van der Waals surface area contributed by atoms with Crippen LogP contribution in [0.25, 0.3) is 10.6 Å². The van der Waals surface area contributed by atoms with Gasteiger partial charge in [-0.15, -0.1) is 10.2 Å². The smallest absolute Gasteiger partial charge is 0.317 e. The van der Waals surface area contributed by atoms with Gasteiger partial charge >= 0.3 is 5.97 Å². The van der Waals surface area contributed by atoms with Gasteiger partial charge in [-0.05, 0) is 63.2 Å². The number of aryl methyl sites for hydroxylation is 2.